The molecule has 0 aliphatic heterocycles. The van der Waals surface area contributed by atoms with Gasteiger partial charge in [0.25, 0.3) is 0 Å². The van der Waals surface area contributed by atoms with Gasteiger partial charge in [-0.3, -0.25) is 9.59 Å². The number of hydrogen-bond donors (Lipinski definition) is 1. The van der Waals surface area contributed by atoms with Crippen LogP contribution in [0.15, 0.2) is 78.9 Å². The van der Waals surface area contributed by atoms with E-state index in [-0.39, 0.29) is 24.1 Å². The molecule has 1 N–H and O–H groups in total. The van der Waals surface area contributed by atoms with Crippen LogP contribution in [0.5, 0.6) is 0 Å². The molecule has 0 aliphatic carbocycles. The predicted octanol–water partition coefficient (Wildman–Crippen LogP) is 5.23. The molecule has 3 aromatic rings. The van der Waals surface area contributed by atoms with Gasteiger partial charge in [-0.15, -0.1) is 0 Å². The van der Waals surface area contributed by atoms with Crippen LogP contribution in [-0.4, -0.2) is 28.3 Å². The number of nitrogens with one attached hydrogen (secondary N) is 1. The quantitative estimate of drug-likeness (QED) is 0.500. The summed E-state index contributed by atoms with van der Waals surface area (Å²) in [7, 11) is 0. The van der Waals surface area contributed by atoms with E-state index in [1.165, 1.54) is 12.1 Å². The Morgan fingerprint density at radius 1 is 0.853 bits per heavy atom. The molecular weight excluding hydrogens is 427 g/mol. The number of aryl methyl sites for hydroxylation is 1. The first kappa shape index (κ1) is 25.2. The number of hydrogen-bond acceptors (Lipinski definition) is 2. The molecule has 3 aromatic carbocycles. The fourth-order valence-electron chi connectivity index (χ4n) is 3.78. The zero-order chi connectivity index (χ0) is 24.7. The molecule has 0 bridgehead atoms. The molecule has 0 aliphatic rings. The molecule has 4 nitrogen and oxygen atoms in total. The topological polar surface area (TPSA) is 49.4 Å². The molecule has 34 heavy (non-hydrogen) atoms. The zero-order valence-corrected chi connectivity index (χ0v) is 20.3. The minimum absolute atomic E-state index is 0.0836. The second-order valence-corrected chi connectivity index (χ2v) is 9.76. The van der Waals surface area contributed by atoms with Crippen LogP contribution in [0.25, 0.3) is 0 Å². The molecule has 0 saturated carbocycles. The molecule has 0 aromatic heterocycles. The van der Waals surface area contributed by atoms with Gasteiger partial charge in [0.2, 0.25) is 11.8 Å². The lowest BCUT2D eigenvalue weighted by molar-refractivity contribution is -0.141. The van der Waals surface area contributed by atoms with Crippen LogP contribution in [0.1, 0.15) is 43.0 Å². The predicted molar refractivity (Wildman–Crippen MR) is 134 cm³/mol. The number of nitrogens with zero attached hydrogens (tertiary/aromatic N) is 1. The van der Waals surface area contributed by atoms with Gasteiger partial charge in [0.1, 0.15) is 11.9 Å². The molecule has 0 heterocycles. The first-order valence-corrected chi connectivity index (χ1v) is 11.6. The standard InChI is InChI=1S/C29H33FN2O2/c1-21-10-12-24(13-11-21)20-32(27(33)19-23-14-16-25(30)17-15-23)26(28(34)31-29(2,3)4)18-22-8-6-5-7-9-22/h5-17,26H,18-20H2,1-4H3,(H,31,34). The zero-order valence-electron chi connectivity index (χ0n) is 20.3. The lowest BCUT2D eigenvalue weighted by Gasteiger charge is -2.34. The maximum Gasteiger partial charge on any atom is 0.243 e. The molecule has 0 radical (unpaired) electrons. The van der Waals surface area contributed by atoms with Gasteiger partial charge in [0.05, 0.1) is 6.42 Å². The first-order valence-electron chi connectivity index (χ1n) is 11.6. The Kier molecular flexibility index (Phi) is 8.21. The van der Waals surface area contributed by atoms with Crippen LogP contribution >= 0.6 is 0 Å². The smallest absolute Gasteiger partial charge is 0.243 e. The minimum Gasteiger partial charge on any atom is -0.350 e. The summed E-state index contributed by atoms with van der Waals surface area (Å²) in [5, 5.41) is 3.06. The minimum atomic E-state index is -0.698. The van der Waals surface area contributed by atoms with Crippen molar-refractivity contribution < 1.29 is 14.0 Å². The molecule has 5 heteroatoms. The number of amides is 2. The number of carbonyl (C=O) groups is 2. The van der Waals surface area contributed by atoms with E-state index in [1.807, 2.05) is 82.3 Å². The Balaban J connectivity index is 1.97. The van der Waals surface area contributed by atoms with Crippen molar-refractivity contribution in [2.75, 3.05) is 0 Å². The highest BCUT2D eigenvalue weighted by atomic mass is 19.1. The van der Waals surface area contributed by atoms with Crippen molar-refractivity contribution in [2.24, 2.45) is 0 Å². The molecule has 0 fully saturated rings. The molecule has 3 rings (SSSR count). The number of rotatable bonds is 8. The van der Waals surface area contributed by atoms with Crippen LogP contribution in [0, 0.1) is 12.7 Å². The van der Waals surface area contributed by atoms with Gasteiger partial charge in [-0.25, -0.2) is 4.39 Å². The van der Waals surface area contributed by atoms with Gasteiger partial charge in [-0.05, 0) is 56.5 Å². The number of halogens is 1. The fraction of sp³-hybridized carbons (Fsp3) is 0.310. The summed E-state index contributed by atoms with van der Waals surface area (Å²) in [4.78, 5) is 28.8. The Morgan fingerprint density at radius 2 is 1.44 bits per heavy atom. The molecule has 2 amide bonds. The van der Waals surface area contributed by atoms with E-state index in [4.69, 9.17) is 0 Å². The van der Waals surface area contributed by atoms with Crippen molar-refractivity contribution in [1.29, 1.82) is 0 Å². The molecular formula is C29H33FN2O2. The van der Waals surface area contributed by atoms with E-state index in [0.717, 1.165) is 16.7 Å². The summed E-state index contributed by atoms with van der Waals surface area (Å²) < 4.78 is 13.4. The molecule has 0 spiro atoms. The van der Waals surface area contributed by atoms with E-state index in [2.05, 4.69) is 5.32 Å². The molecule has 1 atom stereocenters. The van der Waals surface area contributed by atoms with Crippen LogP contribution in [-0.2, 0) is 29.0 Å². The number of carbonyl (C=O) groups excluding carboxylic acids is 2. The number of benzene rings is 3. The van der Waals surface area contributed by atoms with E-state index in [9.17, 15) is 14.0 Å². The van der Waals surface area contributed by atoms with Crippen molar-refractivity contribution in [3.63, 3.8) is 0 Å². The summed E-state index contributed by atoms with van der Waals surface area (Å²) >= 11 is 0. The largest absolute Gasteiger partial charge is 0.350 e. The van der Waals surface area contributed by atoms with E-state index in [0.29, 0.717) is 18.5 Å². The second-order valence-electron chi connectivity index (χ2n) is 9.76. The van der Waals surface area contributed by atoms with Gasteiger partial charge >= 0.3 is 0 Å². The van der Waals surface area contributed by atoms with E-state index in [1.54, 1.807) is 17.0 Å². The van der Waals surface area contributed by atoms with Crippen molar-refractivity contribution in [1.82, 2.24) is 10.2 Å². The van der Waals surface area contributed by atoms with Crippen molar-refractivity contribution >= 4 is 11.8 Å². The van der Waals surface area contributed by atoms with E-state index < -0.39 is 11.6 Å². The molecule has 178 valence electrons. The van der Waals surface area contributed by atoms with Crippen LogP contribution in [0.3, 0.4) is 0 Å². The van der Waals surface area contributed by atoms with Crippen molar-refractivity contribution in [3.8, 4) is 0 Å². The Morgan fingerprint density at radius 3 is 2.03 bits per heavy atom. The monoisotopic (exact) mass is 460 g/mol. The highest BCUT2D eigenvalue weighted by Gasteiger charge is 2.32. The van der Waals surface area contributed by atoms with Crippen LogP contribution < -0.4 is 5.32 Å². The maximum atomic E-state index is 13.6. The molecule has 0 saturated heterocycles. The van der Waals surface area contributed by atoms with Gasteiger partial charge in [-0.1, -0.05) is 72.3 Å². The van der Waals surface area contributed by atoms with Crippen LogP contribution in [0.4, 0.5) is 4.39 Å². The average Bonchev–Trinajstić information content (AvgIpc) is 2.78. The van der Waals surface area contributed by atoms with Crippen molar-refractivity contribution in [3.05, 3.63) is 107 Å². The summed E-state index contributed by atoms with van der Waals surface area (Å²) in [6.45, 7) is 8.09. The summed E-state index contributed by atoms with van der Waals surface area (Å²) in [5.41, 5.74) is 3.30. The van der Waals surface area contributed by atoms with Gasteiger partial charge in [0, 0.05) is 18.5 Å². The van der Waals surface area contributed by atoms with Gasteiger partial charge < -0.3 is 10.2 Å². The Labute approximate surface area is 201 Å². The first-order chi connectivity index (χ1) is 16.1. The van der Waals surface area contributed by atoms with E-state index >= 15 is 0 Å². The maximum absolute atomic E-state index is 13.6. The average molecular weight is 461 g/mol. The second kappa shape index (κ2) is 11.1. The third kappa shape index (κ3) is 7.55. The third-order valence-corrected chi connectivity index (χ3v) is 5.51. The summed E-state index contributed by atoms with van der Waals surface area (Å²) in [6.07, 6.45) is 0.476. The highest BCUT2D eigenvalue weighted by Crippen LogP contribution is 2.18. The normalized spacial score (nSPS) is 12.1. The third-order valence-electron chi connectivity index (χ3n) is 5.51. The highest BCUT2D eigenvalue weighted by molar-refractivity contribution is 5.89. The molecule has 1 unspecified atom stereocenters. The van der Waals surface area contributed by atoms with Gasteiger partial charge in [0.15, 0.2) is 0 Å². The van der Waals surface area contributed by atoms with Gasteiger partial charge in [-0.2, -0.15) is 0 Å². The SMILES string of the molecule is Cc1ccc(CN(C(=O)Cc2ccc(F)cc2)C(Cc2ccccc2)C(=O)NC(C)(C)C)cc1. The lowest BCUT2D eigenvalue weighted by Crippen LogP contribution is -2.54. The van der Waals surface area contributed by atoms with Crippen LogP contribution in [0.2, 0.25) is 0 Å². The fourth-order valence-corrected chi connectivity index (χ4v) is 3.78. The summed E-state index contributed by atoms with van der Waals surface area (Å²) in [6, 6.07) is 22.9. The lowest BCUT2D eigenvalue weighted by atomic mass is 9.99. The van der Waals surface area contributed by atoms with Crippen molar-refractivity contribution in [2.45, 2.75) is 58.7 Å². The Hall–Kier alpha value is -3.47. The Bertz CT molecular complexity index is 1090. The summed E-state index contributed by atoms with van der Waals surface area (Å²) in [5.74, 6) is -0.729.